The number of allylic oxidation sites excluding steroid dienone is 1. The summed E-state index contributed by atoms with van der Waals surface area (Å²) in [4.78, 5) is 22.0. The smallest absolute Gasteiger partial charge is 0.303 e. The Morgan fingerprint density at radius 2 is 2.14 bits per heavy atom. The molecular weight excluding hydrogens is 204 g/mol. The molecule has 1 atom stereocenters. The van der Waals surface area contributed by atoms with Crippen molar-refractivity contribution in [2.24, 2.45) is 0 Å². The van der Waals surface area contributed by atoms with Crippen LogP contribution in [0.2, 0.25) is 0 Å². The molecule has 0 aromatic heterocycles. The van der Waals surface area contributed by atoms with Gasteiger partial charge in [-0.1, -0.05) is 11.6 Å². The number of carbonyl (C=O) groups excluding carboxylic acids is 2. The van der Waals surface area contributed by atoms with Crippen LogP contribution in [0.25, 0.3) is 0 Å². The first-order chi connectivity index (χ1) is 6.52. The SMILES string of the molecule is CC(=O)OC(C)/C(Cl)=C1/CCCC1=O. The maximum Gasteiger partial charge on any atom is 0.303 e. The molecule has 1 aliphatic carbocycles. The minimum absolute atomic E-state index is 0.0778. The van der Waals surface area contributed by atoms with E-state index in [0.29, 0.717) is 23.4 Å². The zero-order valence-electron chi connectivity index (χ0n) is 8.30. The molecule has 1 aliphatic rings. The number of hydrogen-bond acceptors (Lipinski definition) is 3. The van der Waals surface area contributed by atoms with Gasteiger partial charge in [-0.15, -0.1) is 0 Å². The molecule has 0 N–H and O–H groups in total. The zero-order valence-corrected chi connectivity index (χ0v) is 9.06. The highest BCUT2D eigenvalue weighted by molar-refractivity contribution is 6.32. The van der Waals surface area contributed by atoms with Gasteiger partial charge in [-0.25, -0.2) is 0 Å². The van der Waals surface area contributed by atoms with Crippen molar-refractivity contribution in [3.8, 4) is 0 Å². The number of Topliss-reactive ketones (excluding diaryl/α,β-unsaturated/α-hetero) is 1. The zero-order chi connectivity index (χ0) is 10.7. The molecule has 1 saturated carbocycles. The van der Waals surface area contributed by atoms with E-state index >= 15 is 0 Å². The highest BCUT2D eigenvalue weighted by Gasteiger charge is 2.24. The number of esters is 1. The Bertz CT molecular complexity index is 294. The van der Waals surface area contributed by atoms with Crippen molar-refractivity contribution >= 4 is 23.4 Å². The Balaban J connectivity index is 2.75. The number of carbonyl (C=O) groups is 2. The van der Waals surface area contributed by atoms with Gasteiger partial charge in [0.2, 0.25) is 0 Å². The van der Waals surface area contributed by atoms with E-state index < -0.39 is 6.10 Å². The lowest BCUT2D eigenvalue weighted by Crippen LogP contribution is -2.14. The molecule has 0 heterocycles. The molecule has 0 spiro atoms. The lowest BCUT2D eigenvalue weighted by molar-refractivity contribution is -0.143. The van der Waals surface area contributed by atoms with Gasteiger partial charge < -0.3 is 4.74 Å². The van der Waals surface area contributed by atoms with E-state index in [0.717, 1.165) is 6.42 Å². The third-order valence-electron chi connectivity index (χ3n) is 2.16. The molecule has 0 amide bonds. The summed E-state index contributed by atoms with van der Waals surface area (Å²) in [5.74, 6) is -0.310. The number of rotatable bonds is 2. The third-order valence-corrected chi connectivity index (χ3v) is 2.69. The predicted octanol–water partition coefficient (Wildman–Crippen LogP) is 2.18. The largest absolute Gasteiger partial charge is 0.457 e. The van der Waals surface area contributed by atoms with E-state index in [-0.39, 0.29) is 11.8 Å². The lowest BCUT2D eigenvalue weighted by Gasteiger charge is -2.12. The van der Waals surface area contributed by atoms with Crippen molar-refractivity contribution in [1.82, 2.24) is 0 Å². The minimum atomic E-state index is -0.508. The molecule has 0 saturated heterocycles. The lowest BCUT2D eigenvalue weighted by atomic mass is 10.1. The highest BCUT2D eigenvalue weighted by Crippen LogP contribution is 2.28. The van der Waals surface area contributed by atoms with E-state index in [1.54, 1.807) is 6.92 Å². The molecule has 3 nitrogen and oxygen atoms in total. The van der Waals surface area contributed by atoms with Crippen LogP contribution in [0.5, 0.6) is 0 Å². The van der Waals surface area contributed by atoms with Crippen molar-refractivity contribution in [1.29, 1.82) is 0 Å². The van der Waals surface area contributed by atoms with Crippen LogP contribution >= 0.6 is 11.6 Å². The Hall–Kier alpha value is -0.830. The second kappa shape index (κ2) is 4.60. The van der Waals surface area contributed by atoms with Gasteiger partial charge in [-0.2, -0.15) is 0 Å². The summed E-state index contributed by atoms with van der Waals surface area (Å²) in [5.41, 5.74) is 0.625. The van der Waals surface area contributed by atoms with Gasteiger partial charge >= 0.3 is 5.97 Å². The molecule has 1 fully saturated rings. The van der Waals surface area contributed by atoms with Crippen molar-refractivity contribution in [2.75, 3.05) is 0 Å². The molecule has 0 aromatic carbocycles. The Morgan fingerprint density at radius 3 is 2.57 bits per heavy atom. The summed E-state index contributed by atoms with van der Waals surface area (Å²) in [7, 11) is 0. The second-order valence-electron chi connectivity index (χ2n) is 3.35. The average molecular weight is 217 g/mol. The van der Waals surface area contributed by atoms with Gasteiger partial charge in [0.05, 0.1) is 5.03 Å². The summed E-state index contributed by atoms with van der Waals surface area (Å²) >= 11 is 5.96. The van der Waals surface area contributed by atoms with E-state index in [1.165, 1.54) is 6.92 Å². The Kier molecular flexibility index (Phi) is 3.69. The van der Waals surface area contributed by atoms with Gasteiger partial charge in [0.1, 0.15) is 6.10 Å². The summed E-state index contributed by atoms with van der Waals surface area (Å²) in [6.07, 6.45) is 1.59. The maximum atomic E-state index is 11.3. The number of ether oxygens (including phenoxy) is 1. The Morgan fingerprint density at radius 1 is 1.50 bits per heavy atom. The topological polar surface area (TPSA) is 43.4 Å². The van der Waals surface area contributed by atoms with Crippen molar-refractivity contribution < 1.29 is 14.3 Å². The van der Waals surface area contributed by atoms with Crippen LogP contribution in [0.1, 0.15) is 33.1 Å². The summed E-state index contributed by atoms with van der Waals surface area (Å²) in [6.45, 7) is 2.99. The first kappa shape index (κ1) is 11.2. The molecule has 1 unspecified atom stereocenters. The van der Waals surface area contributed by atoms with Crippen LogP contribution < -0.4 is 0 Å². The Labute approximate surface area is 88.1 Å². The number of hydrogen-bond donors (Lipinski definition) is 0. The molecule has 4 heteroatoms. The van der Waals surface area contributed by atoms with Gasteiger partial charge in [0.15, 0.2) is 5.78 Å². The highest BCUT2D eigenvalue weighted by atomic mass is 35.5. The van der Waals surface area contributed by atoms with E-state index in [1.807, 2.05) is 0 Å². The standard InChI is InChI=1S/C10H13ClO3/c1-6(14-7(2)12)10(11)8-4-3-5-9(8)13/h6H,3-5H2,1-2H3/b10-8+. The third kappa shape index (κ3) is 2.58. The monoisotopic (exact) mass is 216 g/mol. The normalized spacial score (nSPS) is 22.1. The fourth-order valence-electron chi connectivity index (χ4n) is 1.51. The fraction of sp³-hybridized carbons (Fsp3) is 0.600. The predicted molar refractivity (Wildman–Crippen MR) is 53.0 cm³/mol. The van der Waals surface area contributed by atoms with Crippen LogP contribution in [0.4, 0.5) is 0 Å². The molecule has 1 rings (SSSR count). The quantitative estimate of drug-likeness (QED) is 0.525. The van der Waals surface area contributed by atoms with Crippen LogP contribution in [0.15, 0.2) is 10.6 Å². The molecule has 0 aromatic rings. The molecule has 78 valence electrons. The van der Waals surface area contributed by atoms with Crippen molar-refractivity contribution in [2.45, 2.75) is 39.2 Å². The number of halogens is 1. The van der Waals surface area contributed by atoms with E-state index in [4.69, 9.17) is 16.3 Å². The maximum absolute atomic E-state index is 11.3. The van der Waals surface area contributed by atoms with Crippen molar-refractivity contribution in [3.63, 3.8) is 0 Å². The molecule has 14 heavy (non-hydrogen) atoms. The van der Waals surface area contributed by atoms with E-state index in [2.05, 4.69) is 0 Å². The van der Waals surface area contributed by atoms with Crippen molar-refractivity contribution in [3.05, 3.63) is 10.6 Å². The minimum Gasteiger partial charge on any atom is -0.457 e. The van der Waals surface area contributed by atoms with Crippen LogP contribution in [-0.4, -0.2) is 17.9 Å². The average Bonchev–Trinajstić information content (AvgIpc) is 2.48. The van der Waals surface area contributed by atoms with Gasteiger partial charge in [0, 0.05) is 18.9 Å². The van der Waals surface area contributed by atoms with Crippen LogP contribution in [-0.2, 0) is 14.3 Å². The molecule has 0 aliphatic heterocycles. The van der Waals surface area contributed by atoms with Gasteiger partial charge in [0.25, 0.3) is 0 Å². The summed E-state index contributed by atoms with van der Waals surface area (Å²) < 4.78 is 4.89. The first-order valence-electron chi connectivity index (χ1n) is 4.61. The molecule has 0 radical (unpaired) electrons. The van der Waals surface area contributed by atoms with Gasteiger partial charge in [-0.05, 0) is 19.8 Å². The summed E-state index contributed by atoms with van der Waals surface area (Å²) in [6, 6.07) is 0. The summed E-state index contributed by atoms with van der Waals surface area (Å²) in [5, 5.41) is 0.378. The molecule has 0 bridgehead atoms. The first-order valence-corrected chi connectivity index (χ1v) is 4.99. The van der Waals surface area contributed by atoms with Gasteiger partial charge in [-0.3, -0.25) is 9.59 Å². The number of ketones is 1. The second-order valence-corrected chi connectivity index (χ2v) is 3.76. The van der Waals surface area contributed by atoms with Crippen LogP contribution in [0.3, 0.4) is 0 Å². The van der Waals surface area contributed by atoms with Crippen LogP contribution in [0, 0.1) is 0 Å². The fourth-order valence-corrected chi connectivity index (χ4v) is 1.76. The molecular formula is C10H13ClO3. The van der Waals surface area contributed by atoms with E-state index in [9.17, 15) is 9.59 Å².